The molecule has 12 nitrogen and oxygen atoms in total. The summed E-state index contributed by atoms with van der Waals surface area (Å²) in [4.78, 5) is 56.6. The number of aromatic amines is 1. The molecule has 0 aliphatic heterocycles. The van der Waals surface area contributed by atoms with E-state index in [9.17, 15) is 29.4 Å². The predicted octanol–water partition coefficient (Wildman–Crippen LogP) is -0.900. The molecule has 1 aromatic heterocycles. The summed E-state index contributed by atoms with van der Waals surface area (Å²) in [6.07, 6.45) is 3.26. The highest BCUT2D eigenvalue weighted by molar-refractivity contribution is 5.94. The third-order valence-corrected chi connectivity index (χ3v) is 5.39. The van der Waals surface area contributed by atoms with Crippen LogP contribution >= 0.6 is 0 Å². The van der Waals surface area contributed by atoms with Crippen LogP contribution in [0.3, 0.4) is 0 Å². The minimum Gasteiger partial charge on any atom is -0.480 e. The summed E-state index contributed by atoms with van der Waals surface area (Å²) in [6, 6.07) is 4.26. The van der Waals surface area contributed by atoms with Gasteiger partial charge in [-0.25, -0.2) is 9.78 Å². The van der Waals surface area contributed by atoms with Crippen molar-refractivity contribution >= 4 is 23.7 Å². The number of carbonyl (C=O) groups excluding carboxylic acids is 3. The van der Waals surface area contributed by atoms with Crippen molar-refractivity contribution in [2.24, 2.45) is 11.7 Å². The fourth-order valence-corrected chi connectivity index (χ4v) is 3.51. The summed E-state index contributed by atoms with van der Waals surface area (Å²) in [5.74, 6) is -3.26. The first-order valence-electron chi connectivity index (χ1n) is 11.6. The van der Waals surface area contributed by atoms with E-state index >= 15 is 0 Å². The molecule has 3 amide bonds. The monoisotopic (exact) mass is 502 g/mol. The van der Waals surface area contributed by atoms with E-state index < -0.39 is 54.5 Å². The molecular formula is C24H34N6O6. The van der Waals surface area contributed by atoms with Gasteiger partial charge in [0, 0.05) is 24.7 Å². The van der Waals surface area contributed by atoms with Crippen molar-refractivity contribution in [3.05, 3.63) is 54.1 Å². The molecule has 0 aliphatic rings. The Labute approximate surface area is 209 Å². The Morgan fingerprint density at radius 2 is 1.56 bits per heavy atom. The van der Waals surface area contributed by atoms with Crippen LogP contribution in [0.15, 0.2) is 42.9 Å². The number of aromatic nitrogens is 2. The third-order valence-electron chi connectivity index (χ3n) is 5.39. The molecule has 0 bridgehead atoms. The van der Waals surface area contributed by atoms with Crippen LogP contribution in [0.2, 0.25) is 0 Å². The van der Waals surface area contributed by atoms with Gasteiger partial charge in [0.1, 0.15) is 18.1 Å². The number of amides is 3. The number of hydrogen-bond donors (Lipinski definition) is 7. The van der Waals surface area contributed by atoms with Crippen LogP contribution in [0.5, 0.6) is 0 Å². The molecule has 0 aliphatic carbocycles. The number of aliphatic hydroxyl groups excluding tert-OH is 1. The number of hydrogen-bond acceptors (Lipinski definition) is 7. The number of nitrogens with two attached hydrogens (primary N) is 1. The normalized spacial score (nSPS) is 14.4. The number of rotatable bonds is 14. The average molecular weight is 503 g/mol. The number of aliphatic carboxylic acids is 1. The van der Waals surface area contributed by atoms with Crippen molar-refractivity contribution in [2.75, 3.05) is 6.61 Å². The first-order valence-corrected chi connectivity index (χ1v) is 11.6. The predicted molar refractivity (Wildman–Crippen MR) is 130 cm³/mol. The molecule has 2 rings (SSSR count). The van der Waals surface area contributed by atoms with Crippen molar-refractivity contribution in [1.29, 1.82) is 0 Å². The quantitative estimate of drug-likeness (QED) is 0.172. The second-order valence-electron chi connectivity index (χ2n) is 8.91. The van der Waals surface area contributed by atoms with Gasteiger partial charge < -0.3 is 36.9 Å². The lowest BCUT2D eigenvalue weighted by Gasteiger charge is -2.24. The van der Waals surface area contributed by atoms with Gasteiger partial charge in [0.15, 0.2) is 0 Å². The van der Waals surface area contributed by atoms with Crippen LogP contribution in [-0.2, 0) is 32.0 Å². The molecule has 36 heavy (non-hydrogen) atoms. The molecule has 0 saturated heterocycles. The zero-order valence-electron chi connectivity index (χ0n) is 20.3. The summed E-state index contributed by atoms with van der Waals surface area (Å²) < 4.78 is 0. The number of aliphatic hydroxyl groups is 1. The standard InChI is InChI=1S/C24H34N6O6/c1-14(2)8-17(25)21(32)28-18(9-15-6-4-3-5-7-15)22(33)30-20(12-31)23(34)29-19(24(35)36)10-16-11-26-13-27-16/h3-7,11,13-14,17-20,31H,8-10,12,25H2,1-2H3,(H,26,27)(H,28,32)(H,29,34)(H,30,33)(H,35,36). The number of imidazole rings is 1. The van der Waals surface area contributed by atoms with Gasteiger partial charge in [0.05, 0.1) is 19.0 Å². The summed E-state index contributed by atoms with van der Waals surface area (Å²) >= 11 is 0. The van der Waals surface area contributed by atoms with E-state index in [1.54, 1.807) is 24.3 Å². The molecule has 4 atom stereocenters. The lowest BCUT2D eigenvalue weighted by atomic mass is 10.0. The smallest absolute Gasteiger partial charge is 0.326 e. The van der Waals surface area contributed by atoms with Crippen LogP contribution < -0.4 is 21.7 Å². The van der Waals surface area contributed by atoms with Crippen LogP contribution in [0.1, 0.15) is 31.5 Å². The molecular weight excluding hydrogens is 468 g/mol. The molecule has 0 radical (unpaired) electrons. The highest BCUT2D eigenvalue weighted by Crippen LogP contribution is 2.07. The number of carboxylic acid groups (broad SMARTS) is 1. The van der Waals surface area contributed by atoms with Gasteiger partial charge in [-0.3, -0.25) is 14.4 Å². The Morgan fingerprint density at radius 1 is 0.944 bits per heavy atom. The second-order valence-corrected chi connectivity index (χ2v) is 8.91. The van der Waals surface area contributed by atoms with E-state index in [-0.39, 0.29) is 18.8 Å². The van der Waals surface area contributed by atoms with E-state index in [1.807, 2.05) is 19.9 Å². The maximum absolute atomic E-state index is 13.1. The van der Waals surface area contributed by atoms with Crippen LogP contribution in [-0.4, -0.2) is 74.6 Å². The van der Waals surface area contributed by atoms with E-state index in [2.05, 4.69) is 25.9 Å². The number of carboxylic acids is 1. The molecule has 0 fully saturated rings. The summed E-state index contributed by atoms with van der Waals surface area (Å²) in [7, 11) is 0. The van der Waals surface area contributed by atoms with Gasteiger partial charge >= 0.3 is 5.97 Å². The SMILES string of the molecule is CC(C)CC(N)C(=O)NC(Cc1ccccc1)C(=O)NC(CO)C(=O)NC(Cc1cnc[nH]1)C(=O)O. The van der Waals surface area contributed by atoms with Crippen molar-refractivity contribution in [3.63, 3.8) is 0 Å². The van der Waals surface area contributed by atoms with Crippen molar-refractivity contribution < 1.29 is 29.4 Å². The topological polar surface area (TPSA) is 200 Å². The number of benzene rings is 1. The number of carbonyl (C=O) groups is 4. The molecule has 4 unspecified atom stereocenters. The Balaban J connectivity index is 2.11. The Kier molecular flexibility index (Phi) is 11.0. The van der Waals surface area contributed by atoms with E-state index in [4.69, 9.17) is 5.73 Å². The molecule has 1 aromatic carbocycles. The molecule has 0 saturated carbocycles. The average Bonchev–Trinajstić information content (AvgIpc) is 3.34. The highest BCUT2D eigenvalue weighted by Gasteiger charge is 2.30. The highest BCUT2D eigenvalue weighted by atomic mass is 16.4. The van der Waals surface area contributed by atoms with Gasteiger partial charge in [-0.1, -0.05) is 44.2 Å². The van der Waals surface area contributed by atoms with Gasteiger partial charge in [0.2, 0.25) is 17.7 Å². The van der Waals surface area contributed by atoms with Gasteiger partial charge in [-0.05, 0) is 17.9 Å². The zero-order valence-corrected chi connectivity index (χ0v) is 20.3. The maximum Gasteiger partial charge on any atom is 0.326 e. The number of nitrogens with zero attached hydrogens (tertiary/aromatic N) is 1. The Hall–Kier alpha value is -3.77. The molecule has 196 valence electrons. The summed E-state index contributed by atoms with van der Waals surface area (Å²) in [5, 5.41) is 26.6. The molecule has 8 N–H and O–H groups in total. The Morgan fingerprint density at radius 3 is 2.11 bits per heavy atom. The lowest BCUT2D eigenvalue weighted by Crippen LogP contribution is -2.58. The first kappa shape index (κ1) is 28.5. The van der Waals surface area contributed by atoms with Crippen LogP contribution in [0, 0.1) is 5.92 Å². The number of H-pyrrole nitrogens is 1. The second kappa shape index (κ2) is 14.0. The van der Waals surface area contributed by atoms with E-state index in [1.165, 1.54) is 12.5 Å². The van der Waals surface area contributed by atoms with Gasteiger partial charge in [-0.15, -0.1) is 0 Å². The van der Waals surface area contributed by atoms with E-state index in [0.717, 1.165) is 5.56 Å². The van der Waals surface area contributed by atoms with Crippen molar-refractivity contribution in [3.8, 4) is 0 Å². The van der Waals surface area contributed by atoms with Crippen molar-refractivity contribution in [2.45, 2.75) is 57.3 Å². The van der Waals surface area contributed by atoms with E-state index in [0.29, 0.717) is 12.1 Å². The summed E-state index contributed by atoms with van der Waals surface area (Å²) in [5.41, 5.74) is 7.20. The third kappa shape index (κ3) is 9.12. The summed E-state index contributed by atoms with van der Waals surface area (Å²) in [6.45, 7) is 3.05. The van der Waals surface area contributed by atoms with Crippen LogP contribution in [0.4, 0.5) is 0 Å². The van der Waals surface area contributed by atoms with Gasteiger partial charge in [-0.2, -0.15) is 0 Å². The first-order chi connectivity index (χ1) is 17.1. The minimum absolute atomic E-state index is 0.0758. The lowest BCUT2D eigenvalue weighted by molar-refractivity contribution is -0.142. The number of nitrogens with one attached hydrogen (secondary N) is 4. The molecule has 1 heterocycles. The molecule has 0 spiro atoms. The minimum atomic E-state index is -1.44. The van der Waals surface area contributed by atoms with Gasteiger partial charge in [0.25, 0.3) is 0 Å². The molecule has 12 heteroatoms. The molecule has 2 aromatic rings. The van der Waals surface area contributed by atoms with Crippen molar-refractivity contribution in [1.82, 2.24) is 25.9 Å². The fraction of sp³-hybridized carbons (Fsp3) is 0.458. The van der Waals surface area contributed by atoms with Crippen LogP contribution in [0.25, 0.3) is 0 Å². The zero-order chi connectivity index (χ0) is 26.7. The largest absolute Gasteiger partial charge is 0.480 e. The fourth-order valence-electron chi connectivity index (χ4n) is 3.51. The Bertz CT molecular complexity index is 998. The maximum atomic E-state index is 13.1.